The van der Waals surface area contributed by atoms with Gasteiger partial charge < -0.3 is 10.4 Å². The third kappa shape index (κ3) is 3.42. The van der Waals surface area contributed by atoms with Gasteiger partial charge in [-0.05, 0) is 49.3 Å². The number of phenolic OH excluding ortho intramolecular Hbond substituents is 1. The SMILES string of the molecule is CCSC1CCC(NC(=O)c2ccc(O)cc2)C1. The van der Waals surface area contributed by atoms with Crippen molar-refractivity contribution in [3.63, 3.8) is 0 Å². The summed E-state index contributed by atoms with van der Waals surface area (Å²) in [4.78, 5) is 12.0. The van der Waals surface area contributed by atoms with Gasteiger partial charge in [0.2, 0.25) is 0 Å². The number of amides is 1. The van der Waals surface area contributed by atoms with E-state index in [0.717, 1.165) is 18.6 Å². The van der Waals surface area contributed by atoms with Gasteiger partial charge in [-0.3, -0.25) is 4.79 Å². The Morgan fingerprint density at radius 2 is 2.11 bits per heavy atom. The lowest BCUT2D eigenvalue weighted by Gasteiger charge is -2.13. The number of nitrogens with one attached hydrogen (secondary N) is 1. The number of hydrogen-bond donors (Lipinski definition) is 2. The molecule has 18 heavy (non-hydrogen) atoms. The van der Waals surface area contributed by atoms with Crippen LogP contribution in [0.5, 0.6) is 5.75 Å². The summed E-state index contributed by atoms with van der Waals surface area (Å²) in [5.41, 5.74) is 0.611. The maximum atomic E-state index is 12.0. The number of phenols is 1. The van der Waals surface area contributed by atoms with Crippen LogP contribution in [0.3, 0.4) is 0 Å². The van der Waals surface area contributed by atoms with Crippen molar-refractivity contribution >= 4 is 17.7 Å². The summed E-state index contributed by atoms with van der Waals surface area (Å²) in [6.45, 7) is 2.17. The fourth-order valence-corrected chi connectivity index (χ4v) is 3.48. The highest BCUT2D eigenvalue weighted by Crippen LogP contribution is 2.29. The molecule has 2 rings (SSSR count). The lowest BCUT2D eigenvalue weighted by atomic mass is 10.2. The molecule has 1 fully saturated rings. The van der Waals surface area contributed by atoms with Crippen LogP contribution in [0.1, 0.15) is 36.5 Å². The molecule has 0 radical (unpaired) electrons. The van der Waals surface area contributed by atoms with E-state index in [-0.39, 0.29) is 11.7 Å². The minimum Gasteiger partial charge on any atom is -0.508 e. The summed E-state index contributed by atoms with van der Waals surface area (Å²) in [6, 6.07) is 6.68. The van der Waals surface area contributed by atoms with Gasteiger partial charge in [-0.15, -0.1) is 0 Å². The van der Waals surface area contributed by atoms with Crippen molar-refractivity contribution in [1.82, 2.24) is 5.32 Å². The molecule has 2 N–H and O–H groups in total. The van der Waals surface area contributed by atoms with Gasteiger partial charge in [0.25, 0.3) is 5.91 Å². The monoisotopic (exact) mass is 265 g/mol. The molecular weight excluding hydrogens is 246 g/mol. The largest absolute Gasteiger partial charge is 0.508 e. The van der Waals surface area contributed by atoms with Gasteiger partial charge in [-0.1, -0.05) is 6.92 Å². The summed E-state index contributed by atoms with van der Waals surface area (Å²) in [5.74, 6) is 1.29. The summed E-state index contributed by atoms with van der Waals surface area (Å²) >= 11 is 1.98. The van der Waals surface area contributed by atoms with Crippen LogP contribution < -0.4 is 5.32 Å². The predicted octanol–water partition coefficient (Wildman–Crippen LogP) is 2.80. The molecule has 1 saturated carbocycles. The normalized spacial score (nSPS) is 22.9. The van der Waals surface area contributed by atoms with E-state index in [4.69, 9.17) is 0 Å². The highest BCUT2D eigenvalue weighted by Gasteiger charge is 2.25. The maximum Gasteiger partial charge on any atom is 0.251 e. The molecule has 0 saturated heterocycles. The number of rotatable bonds is 4. The van der Waals surface area contributed by atoms with Gasteiger partial charge in [0.15, 0.2) is 0 Å². The van der Waals surface area contributed by atoms with Gasteiger partial charge >= 0.3 is 0 Å². The number of hydrogen-bond acceptors (Lipinski definition) is 3. The average Bonchev–Trinajstić information content (AvgIpc) is 2.78. The second-order valence-corrected chi connectivity index (χ2v) is 6.19. The quantitative estimate of drug-likeness (QED) is 0.880. The molecule has 2 atom stereocenters. The average molecular weight is 265 g/mol. The van der Waals surface area contributed by atoms with E-state index in [1.165, 1.54) is 6.42 Å². The molecule has 2 unspecified atom stereocenters. The van der Waals surface area contributed by atoms with Crippen LogP contribution in [0.25, 0.3) is 0 Å². The zero-order chi connectivity index (χ0) is 13.0. The van der Waals surface area contributed by atoms with E-state index >= 15 is 0 Å². The van der Waals surface area contributed by atoms with Crippen molar-refractivity contribution < 1.29 is 9.90 Å². The zero-order valence-electron chi connectivity index (χ0n) is 10.6. The fraction of sp³-hybridized carbons (Fsp3) is 0.500. The first-order valence-corrected chi connectivity index (χ1v) is 7.45. The van der Waals surface area contributed by atoms with Crippen LogP contribution in [-0.4, -0.2) is 28.1 Å². The Morgan fingerprint density at radius 1 is 1.39 bits per heavy atom. The van der Waals surface area contributed by atoms with Crippen molar-refractivity contribution in [3.8, 4) is 5.75 Å². The lowest BCUT2D eigenvalue weighted by Crippen LogP contribution is -2.33. The number of carbonyl (C=O) groups is 1. The second-order valence-electron chi connectivity index (χ2n) is 4.61. The highest BCUT2D eigenvalue weighted by molar-refractivity contribution is 7.99. The van der Waals surface area contributed by atoms with Crippen LogP contribution in [0.15, 0.2) is 24.3 Å². The molecule has 1 aromatic carbocycles. The standard InChI is InChI=1S/C14H19NO2S/c1-2-18-13-8-5-11(9-13)15-14(17)10-3-6-12(16)7-4-10/h3-4,6-7,11,13,16H,2,5,8-9H2,1H3,(H,15,17). The van der Waals surface area contributed by atoms with E-state index < -0.39 is 0 Å². The lowest BCUT2D eigenvalue weighted by molar-refractivity contribution is 0.0938. The van der Waals surface area contributed by atoms with Crippen LogP contribution in [0.2, 0.25) is 0 Å². The topological polar surface area (TPSA) is 49.3 Å². The van der Waals surface area contributed by atoms with Crippen molar-refractivity contribution in [2.24, 2.45) is 0 Å². The first-order valence-electron chi connectivity index (χ1n) is 6.40. The van der Waals surface area contributed by atoms with E-state index in [1.54, 1.807) is 24.3 Å². The molecular formula is C14H19NO2S. The van der Waals surface area contributed by atoms with E-state index in [2.05, 4.69) is 12.2 Å². The molecule has 1 aliphatic carbocycles. The Morgan fingerprint density at radius 3 is 2.78 bits per heavy atom. The first kappa shape index (κ1) is 13.3. The van der Waals surface area contributed by atoms with Crippen LogP contribution in [-0.2, 0) is 0 Å². The van der Waals surface area contributed by atoms with E-state index in [9.17, 15) is 9.90 Å². The van der Waals surface area contributed by atoms with E-state index in [1.807, 2.05) is 11.8 Å². The van der Waals surface area contributed by atoms with Crippen LogP contribution in [0, 0.1) is 0 Å². The summed E-state index contributed by atoms with van der Waals surface area (Å²) in [7, 11) is 0. The Hall–Kier alpha value is -1.16. The maximum absolute atomic E-state index is 12.0. The van der Waals surface area contributed by atoms with Crippen LogP contribution in [0.4, 0.5) is 0 Å². The minimum absolute atomic E-state index is 0.0397. The van der Waals surface area contributed by atoms with Gasteiger partial charge in [-0.25, -0.2) is 0 Å². The van der Waals surface area contributed by atoms with E-state index in [0.29, 0.717) is 16.9 Å². The molecule has 0 bridgehead atoms. The Kier molecular flexibility index (Phi) is 4.53. The molecule has 1 amide bonds. The fourth-order valence-electron chi connectivity index (χ4n) is 2.34. The molecule has 1 aromatic rings. The molecule has 0 spiro atoms. The Labute approximate surface area is 112 Å². The van der Waals surface area contributed by atoms with Crippen LogP contribution >= 0.6 is 11.8 Å². The van der Waals surface area contributed by atoms with Crippen molar-refractivity contribution in [1.29, 1.82) is 0 Å². The Bertz CT molecular complexity index is 405. The number of thioether (sulfide) groups is 1. The second kappa shape index (κ2) is 6.14. The number of carbonyl (C=O) groups excluding carboxylic acids is 1. The molecule has 0 aliphatic heterocycles. The third-order valence-corrected chi connectivity index (χ3v) is 4.48. The summed E-state index contributed by atoms with van der Waals surface area (Å²) in [6.07, 6.45) is 3.34. The van der Waals surface area contributed by atoms with Crippen molar-refractivity contribution in [2.45, 2.75) is 37.5 Å². The van der Waals surface area contributed by atoms with Gasteiger partial charge in [-0.2, -0.15) is 11.8 Å². The minimum atomic E-state index is -0.0397. The summed E-state index contributed by atoms with van der Waals surface area (Å²) < 4.78 is 0. The predicted molar refractivity (Wildman–Crippen MR) is 75.1 cm³/mol. The molecule has 0 aromatic heterocycles. The first-order chi connectivity index (χ1) is 8.69. The Balaban J connectivity index is 1.87. The van der Waals surface area contributed by atoms with Crippen molar-refractivity contribution in [2.75, 3.05) is 5.75 Å². The van der Waals surface area contributed by atoms with Gasteiger partial charge in [0.05, 0.1) is 0 Å². The molecule has 4 heteroatoms. The third-order valence-electron chi connectivity index (χ3n) is 3.25. The molecule has 98 valence electrons. The number of aromatic hydroxyl groups is 1. The van der Waals surface area contributed by atoms with Crippen molar-refractivity contribution in [3.05, 3.63) is 29.8 Å². The zero-order valence-corrected chi connectivity index (χ0v) is 11.4. The smallest absolute Gasteiger partial charge is 0.251 e. The molecule has 1 aliphatic rings. The van der Waals surface area contributed by atoms with Gasteiger partial charge in [0, 0.05) is 16.9 Å². The highest BCUT2D eigenvalue weighted by atomic mass is 32.2. The molecule has 3 nitrogen and oxygen atoms in total. The molecule has 0 heterocycles. The summed E-state index contributed by atoms with van der Waals surface area (Å²) in [5, 5.41) is 12.9. The van der Waals surface area contributed by atoms with Gasteiger partial charge in [0.1, 0.15) is 5.75 Å². The number of benzene rings is 1.